The molecule has 1 aliphatic rings. The van der Waals surface area contributed by atoms with Gasteiger partial charge in [0.2, 0.25) is 17.7 Å². The molecule has 0 aromatic heterocycles. The van der Waals surface area contributed by atoms with Crippen molar-refractivity contribution in [2.75, 3.05) is 6.54 Å². The number of carbonyl (C=O) groups is 4. The molecule has 0 saturated heterocycles. The number of urea groups is 1. The fourth-order valence-corrected chi connectivity index (χ4v) is 2.05. The average Bonchev–Trinajstić information content (AvgIpc) is 2.34. The maximum atomic E-state index is 12.1. The van der Waals surface area contributed by atoms with Gasteiger partial charge in [-0.25, -0.2) is 4.79 Å². The molecule has 0 spiro atoms. The monoisotopic (exact) mass is 297 g/mol. The van der Waals surface area contributed by atoms with Crippen molar-refractivity contribution in [3.8, 4) is 0 Å². The number of nitrogens with zero attached hydrogens (tertiary/aromatic N) is 2. The summed E-state index contributed by atoms with van der Waals surface area (Å²) in [6.45, 7) is -0.133. The molecule has 0 aliphatic carbocycles. The van der Waals surface area contributed by atoms with Crippen molar-refractivity contribution in [3.63, 3.8) is 0 Å². The average molecular weight is 297 g/mol. The summed E-state index contributed by atoms with van der Waals surface area (Å²) in [7, 11) is 0. The van der Waals surface area contributed by atoms with Crippen LogP contribution in [-0.2, 0) is 14.4 Å². The Labute approximate surface area is 121 Å². The van der Waals surface area contributed by atoms with E-state index in [1.54, 1.807) is 0 Å². The zero-order valence-corrected chi connectivity index (χ0v) is 11.6. The topological polar surface area (TPSA) is 162 Å². The lowest BCUT2D eigenvalue weighted by Gasteiger charge is -2.24. The predicted octanol–water partition coefficient (Wildman–Crippen LogP) is -1.16. The SMILES string of the molecule is NC(=O)CCC1CC(=O)N(CCC(N)=O)C(=O)N=C(N)C1. The molecule has 0 aromatic rings. The Morgan fingerprint density at radius 3 is 2.33 bits per heavy atom. The molecule has 1 unspecified atom stereocenters. The quantitative estimate of drug-likeness (QED) is 0.562. The molecule has 6 N–H and O–H groups in total. The Bertz CT molecular complexity index is 488. The van der Waals surface area contributed by atoms with Gasteiger partial charge < -0.3 is 17.2 Å². The summed E-state index contributed by atoms with van der Waals surface area (Å²) in [5.41, 5.74) is 15.7. The molecule has 0 saturated carbocycles. The third-order valence-electron chi connectivity index (χ3n) is 3.11. The molecular weight excluding hydrogens is 278 g/mol. The van der Waals surface area contributed by atoms with Crippen LogP contribution in [0.15, 0.2) is 4.99 Å². The van der Waals surface area contributed by atoms with Crippen molar-refractivity contribution in [3.05, 3.63) is 0 Å². The molecule has 1 rings (SSSR count). The summed E-state index contributed by atoms with van der Waals surface area (Å²) in [5.74, 6) is -1.70. The molecule has 116 valence electrons. The van der Waals surface area contributed by atoms with Crippen LogP contribution in [0.2, 0.25) is 0 Å². The second kappa shape index (κ2) is 7.36. The van der Waals surface area contributed by atoms with E-state index in [1.807, 2.05) is 0 Å². The predicted molar refractivity (Wildman–Crippen MR) is 73.7 cm³/mol. The van der Waals surface area contributed by atoms with Crippen molar-refractivity contribution >= 4 is 29.6 Å². The first-order valence-electron chi connectivity index (χ1n) is 6.53. The lowest BCUT2D eigenvalue weighted by atomic mass is 9.94. The largest absolute Gasteiger partial charge is 0.387 e. The van der Waals surface area contributed by atoms with E-state index < -0.39 is 23.8 Å². The molecule has 21 heavy (non-hydrogen) atoms. The minimum absolute atomic E-state index is 0.0357. The number of imide groups is 1. The van der Waals surface area contributed by atoms with Gasteiger partial charge in [-0.3, -0.25) is 19.3 Å². The van der Waals surface area contributed by atoms with Crippen LogP contribution in [0.1, 0.15) is 32.1 Å². The molecule has 9 nitrogen and oxygen atoms in total. The van der Waals surface area contributed by atoms with Gasteiger partial charge >= 0.3 is 6.03 Å². The summed E-state index contributed by atoms with van der Waals surface area (Å²) < 4.78 is 0. The summed E-state index contributed by atoms with van der Waals surface area (Å²) in [5, 5.41) is 0. The first-order chi connectivity index (χ1) is 9.79. The molecule has 0 aromatic carbocycles. The standard InChI is InChI=1S/C12H19N5O4/c13-8-5-7(1-2-9(14)18)6-11(20)17(12(21)16-8)4-3-10(15)19/h7H,1-6H2,(H2,14,18)(H2,15,19)(H2,13,16,21). The lowest BCUT2D eigenvalue weighted by Crippen LogP contribution is -2.41. The number of nitrogens with two attached hydrogens (primary N) is 3. The highest BCUT2D eigenvalue weighted by Crippen LogP contribution is 2.20. The summed E-state index contributed by atoms with van der Waals surface area (Å²) >= 11 is 0. The van der Waals surface area contributed by atoms with Gasteiger partial charge in [0.05, 0.1) is 0 Å². The molecule has 0 radical (unpaired) electrons. The highest BCUT2D eigenvalue weighted by Gasteiger charge is 2.28. The van der Waals surface area contributed by atoms with Gasteiger partial charge in [0.1, 0.15) is 5.84 Å². The molecule has 0 bridgehead atoms. The van der Waals surface area contributed by atoms with Gasteiger partial charge in [-0.2, -0.15) is 4.99 Å². The summed E-state index contributed by atoms with van der Waals surface area (Å²) in [6.07, 6.45) is 0.650. The number of amidine groups is 1. The smallest absolute Gasteiger partial charge is 0.351 e. The number of rotatable bonds is 6. The zero-order chi connectivity index (χ0) is 16.0. The highest BCUT2D eigenvalue weighted by molar-refractivity contribution is 6.02. The minimum Gasteiger partial charge on any atom is -0.387 e. The van der Waals surface area contributed by atoms with Crippen LogP contribution in [-0.4, -0.2) is 41.0 Å². The van der Waals surface area contributed by atoms with E-state index in [0.717, 1.165) is 4.90 Å². The van der Waals surface area contributed by atoms with E-state index in [2.05, 4.69) is 4.99 Å². The van der Waals surface area contributed by atoms with Crippen LogP contribution in [0.25, 0.3) is 0 Å². The molecule has 0 fully saturated rings. The third-order valence-corrected chi connectivity index (χ3v) is 3.11. The third kappa shape index (κ3) is 5.59. The molecule has 1 atom stereocenters. The van der Waals surface area contributed by atoms with Gasteiger partial charge in [-0.05, 0) is 12.3 Å². The van der Waals surface area contributed by atoms with E-state index in [4.69, 9.17) is 17.2 Å². The molecule has 1 heterocycles. The maximum Gasteiger partial charge on any atom is 0.351 e. The number of primary amides is 2. The number of hydrogen-bond acceptors (Lipinski definition) is 5. The normalized spacial score (nSPS) is 19.7. The minimum atomic E-state index is -0.799. The maximum absolute atomic E-state index is 12.1. The highest BCUT2D eigenvalue weighted by atomic mass is 16.2. The van der Waals surface area contributed by atoms with E-state index in [9.17, 15) is 19.2 Å². The van der Waals surface area contributed by atoms with E-state index >= 15 is 0 Å². The number of amides is 5. The number of aliphatic imine (C=N–C) groups is 1. The fraction of sp³-hybridized carbons (Fsp3) is 0.583. The van der Waals surface area contributed by atoms with Crippen LogP contribution >= 0.6 is 0 Å². The Morgan fingerprint density at radius 2 is 1.76 bits per heavy atom. The van der Waals surface area contributed by atoms with Crippen molar-refractivity contribution in [1.82, 2.24) is 4.90 Å². The van der Waals surface area contributed by atoms with Crippen LogP contribution < -0.4 is 17.2 Å². The molecular formula is C12H19N5O4. The molecule has 5 amide bonds. The van der Waals surface area contributed by atoms with Crippen molar-refractivity contribution in [1.29, 1.82) is 0 Å². The Balaban J connectivity index is 2.81. The van der Waals surface area contributed by atoms with Gasteiger partial charge in [-0.15, -0.1) is 0 Å². The summed E-state index contributed by atoms with van der Waals surface area (Å²) in [6, 6.07) is -0.799. The van der Waals surface area contributed by atoms with Gasteiger partial charge in [0.25, 0.3) is 0 Å². The Hall–Kier alpha value is -2.45. The van der Waals surface area contributed by atoms with Gasteiger partial charge in [0.15, 0.2) is 0 Å². The van der Waals surface area contributed by atoms with E-state index in [1.165, 1.54) is 0 Å². The fourth-order valence-electron chi connectivity index (χ4n) is 2.05. The first-order valence-corrected chi connectivity index (χ1v) is 6.53. The second-order valence-corrected chi connectivity index (χ2v) is 4.93. The van der Waals surface area contributed by atoms with Crippen LogP contribution in [0.3, 0.4) is 0 Å². The number of carbonyl (C=O) groups excluding carboxylic acids is 4. The van der Waals surface area contributed by atoms with E-state index in [0.29, 0.717) is 6.42 Å². The van der Waals surface area contributed by atoms with Crippen molar-refractivity contribution in [2.24, 2.45) is 28.1 Å². The first kappa shape index (κ1) is 16.6. The van der Waals surface area contributed by atoms with Crippen molar-refractivity contribution in [2.45, 2.75) is 32.1 Å². The van der Waals surface area contributed by atoms with E-state index in [-0.39, 0.29) is 44.0 Å². The Kier molecular flexibility index (Phi) is 5.82. The Morgan fingerprint density at radius 1 is 1.14 bits per heavy atom. The zero-order valence-electron chi connectivity index (χ0n) is 11.6. The molecule has 9 heteroatoms. The van der Waals surface area contributed by atoms with Gasteiger partial charge in [-0.1, -0.05) is 0 Å². The number of hydrogen-bond donors (Lipinski definition) is 3. The van der Waals surface area contributed by atoms with Crippen LogP contribution in [0.5, 0.6) is 0 Å². The summed E-state index contributed by atoms with van der Waals surface area (Å²) in [4.78, 5) is 49.9. The van der Waals surface area contributed by atoms with Gasteiger partial charge in [0, 0.05) is 32.2 Å². The van der Waals surface area contributed by atoms with Crippen LogP contribution in [0, 0.1) is 5.92 Å². The second-order valence-electron chi connectivity index (χ2n) is 4.93. The lowest BCUT2D eigenvalue weighted by molar-refractivity contribution is -0.130. The van der Waals surface area contributed by atoms with Crippen LogP contribution in [0.4, 0.5) is 4.79 Å². The molecule has 1 aliphatic heterocycles. The van der Waals surface area contributed by atoms with Crippen molar-refractivity contribution < 1.29 is 19.2 Å².